The van der Waals surface area contributed by atoms with Crippen LogP contribution in [0.2, 0.25) is 0 Å². The maximum atomic E-state index is 9.57. The van der Waals surface area contributed by atoms with Gasteiger partial charge in [-0.25, -0.2) is 4.98 Å². The molecule has 0 unspecified atom stereocenters. The van der Waals surface area contributed by atoms with Crippen LogP contribution in [0.25, 0.3) is 0 Å². The Hall–Kier alpha value is -0.960. The van der Waals surface area contributed by atoms with Crippen molar-refractivity contribution < 1.29 is 9.84 Å². The highest BCUT2D eigenvalue weighted by molar-refractivity contribution is 6.38. The van der Waals surface area contributed by atoms with Crippen molar-refractivity contribution in [2.75, 3.05) is 7.11 Å². The van der Waals surface area contributed by atoms with E-state index in [2.05, 4.69) is 4.98 Å². The van der Waals surface area contributed by atoms with E-state index in [0.717, 1.165) is 5.56 Å². The minimum atomic E-state index is -0.834. The summed E-state index contributed by atoms with van der Waals surface area (Å²) < 4.78 is 4.89. The summed E-state index contributed by atoms with van der Waals surface area (Å²) in [5.74, 6) is 0.558. The van der Waals surface area contributed by atoms with Gasteiger partial charge in [0.25, 0.3) is 0 Å². The summed E-state index contributed by atoms with van der Waals surface area (Å²) >= 11 is 0. The third kappa shape index (κ3) is 2.01. The van der Waals surface area contributed by atoms with Crippen LogP contribution in [0, 0.1) is 0 Å². The van der Waals surface area contributed by atoms with Gasteiger partial charge in [0.1, 0.15) is 15.7 Å². The molecule has 0 aliphatic rings. The zero-order valence-corrected chi connectivity index (χ0v) is 7.53. The Morgan fingerprint density at radius 3 is 2.50 bits per heavy atom. The molecule has 0 bridgehead atoms. The average Bonchev–Trinajstić information content (AvgIpc) is 2.03. The van der Waals surface area contributed by atoms with Crippen LogP contribution in [0.3, 0.4) is 0 Å². The highest BCUT2D eigenvalue weighted by Gasteiger charge is 2.15. The van der Waals surface area contributed by atoms with E-state index in [1.807, 2.05) is 0 Å². The lowest BCUT2D eigenvalue weighted by Crippen LogP contribution is -2.25. The Morgan fingerprint density at radius 2 is 2.17 bits per heavy atom. The van der Waals surface area contributed by atoms with Crippen LogP contribution in [0.1, 0.15) is 5.56 Å². The number of nitrogens with zero attached hydrogens (tertiary/aromatic N) is 1. The third-order valence-corrected chi connectivity index (χ3v) is 1.65. The number of hydrogen-bond donors (Lipinski definition) is 1. The maximum Gasteiger partial charge on any atom is 0.212 e. The third-order valence-electron chi connectivity index (χ3n) is 1.65. The van der Waals surface area contributed by atoms with Crippen molar-refractivity contribution in [1.82, 2.24) is 4.98 Å². The molecule has 0 aromatic carbocycles. The fourth-order valence-corrected chi connectivity index (χ4v) is 0.863. The summed E-state index contributed by atoms with van der Waals surface area (Å²) in [6.07, 6.45) is 1.61. The van der Waals surface area contributed by atoms with Gasteiger partial charge in [-0.2, -0.15) is 0 Å². The monoisotopic (exact) mass is 163 g/mol. The molecular weight excluding hydrogens is 152 g/mol. The second-order valence-electron chi connectivity index (χ2n) is 3.15. The summed E-state index contributed by atoms with van der Waals surface area (Å²) in [7, 11) is 5.00. The molecule has 1 aromatic heterocycles. The smallest absolute Gasteiger partial charge is 0.212 e. The number of hydrogen-bond acceptors (Lipinski definition) is 3. The van der Waals surface area contributed by atoms with Crippen molar-refractivity contribution in [3.8, 4) is 5.88 Å². The van der Waals surface area contributed by atoms with Crippen LogP contribution in [-0.2, 0) is 5.40 Å². The van der Waals surface area contributed by atoms with Gasteiger partial charge in [0.15, 0.2) is 0 Å². The Kier molecular flexibility index (Phi) is 2.43. The fraction of sp³-hybridized carbons (Fsp3) is 0.286. The second-order valence-corrected chi connectivity index (χ2v) is 3.15. The van der Waals surface area contributed by atoms with E-state index in [1.54, 1.807) is 41.1 Å². The van der Waals surface area contributed by atoms with E-state index in [4.69, 9.17) is 4.74 Å². The average molecular weight is 163 g/mol. The van der Waals surface area contributed by atoms with Gasteiger partial charge in [-0.1, -0.05) is 6.07 Å². The number of aromatic nitrogens is 1. The number of pyridine rings is 1. The highest BCUT2D eigenvalue weighted by Crippen LogP contribution is 2.14. The molecule has 62 valence electrons. The molecule has 0 aliphatic carbocycles. The predicted octanol–water partition coefficient (Wildman–Crippen LogP) is -1.54. The van der Waals surface area contributed by atoms with Crippen molar-refractivity contribution >= 4 is 15.7 Å². The molecule has 1 heterocycles. The molecule has 0 aliphatic heterocycles. The lowest BCUT2D eigenvalue weighted by atomic mass is 9.62. The first kappa shape index (κ1) is 9.13. The van der Waals surface area contributed by atoms with Gasteiger partial charge >= 0.3 is 0 Å². The van der Waals surface area contributed by atoms with Crippen LogP contribution in [-0.4, -0.2) is 32.9 Å². The van der Waals surface area contributed by atoms with E-state index in [-0.39, 0.29) is 0 Å². The lowest BCUT2D eigenvalue weighted by molar-refractivity contribution is 0.216. The molecule has 3 nitrogen and oxygen atoms in total. The molecule has 1 rings (SSSR count). The summed E-state index contributed by atoms with van der Waals surface area (Å²) in [5, 5.41) is 8.74. The Balaban J connectivity index is 2.93. The highest BCUT2D eigenvalue weighted by atomic mass is 16.5. The largest absolute Gasteiger partial charge is 0.481 e. The van der Waals surface area contributed by atoms with Gasteiger partial charge in [-0.15, -0.1) is 0 Å². The normalized spacial score (nSPS) is 11.2. The topological polar surface area (TPSA) is 42.4 Å². The second kappa shape index (κ2) is 3.19. The molecule has 0 amide bonds. The molecule has 12 heavy (non-hydrogen) atoms. The van der Waals surface area contributed by atoms with Crippen molar-refractivity contribution in [2.45, 2.75) is 5.40 Å². The zero-order chi connectivity index (χ0) is 9.19. The van der Waals surface area contributed by atoms with Gasteiger partial charge in [0, 0.05) is 17.7 Å². The van der Waals surface area contributed by atoms with E-state index in [0.29, 0.717) is 5.88 Å². The minimum Gasteiger partial charge on any atom is -0.481 e. The summed E-state index contributed by atoms with van der Waals surface area (Å²) in [6.45, 7) is 0. The predicted molar refractivity (Wildman–Crippen MR) is 51.8 cm³/mol. The molecule has 0 saturated carbocycles. The Labute approximate surface area is 73.6 Å². The number of methoxy groups -OCH3 is 1. The van der Waals surface area contributed by atoms with E-state index in [1.165, 1.54) is 0 Å². The van der Waals surface area contributed by atoms with Crippen LogP contribution in [0.4, 0.5) is 0 Å². The minimum absolute atomic E-state index is 0.558. The lowest BCUT2D eigenvalue weighted by Gasteiger charge is -2.17. The van der Waals surface area contributed by atoms with Gasteiger partial charge in [0.05, 0.1) is 7.11 Å². The zero-order valence-electron chi connectivity index (χ0n) is 7.53. The number of aliphatic hydroxyl groups is 1. The SMILES string of the molecule is BC(B)(O)c1ccc(OC)nc1. The Morgan fingerprint density at radius 1 is 1.50 bits per heavy atom. The van der Waals surface area contributed by atoms with E-state index in [9.17, 15) is 5.11 Å². The van der Waals surface area contributed by atoms with Crippen LogP contribution < -0.4 is 4.74 Å². The fourth-order valence-electron chi connectivity index (χ4n) is 0.863. The van der Waals surface area contributed by atoms with E-state index >= 15 is 0 Å². The number of rotatable bonds is 2. The summed E-state index contributed by atoms with van der Waals surface area (Å²) in [5.41, 5.74) is 0.781. The van der Waals surface area contributed by atoms with E-state index < -0.39 is 5.40 Å². The Bertz CT molecular complexity index is 255. The molecule has 5 heteroatoms. The van der Waals surface area contributed by atoms with Crippen LogP contribution >= 0.6 is 0 Å². The maximum absolute atomic E-state index is 9.57. The van der Waals surface area contributed by atoms with Crippen molar-refractivity contribution in [3.63, 3.8) is 0 Å². The van der Waals surface area contributed by atoms with Gasteiger partial charge in [-0.3, -0.25) is 0 Å². The van der Waals surface area contributed by atoms with Crippen molar-refractivity contribution in [3.05, 3.63) is 23.9 Å². The molecule has 0 spiro atoms. The standard InChI is InChI=1S/C7H11B2NO2/c1-12-6-3-2-5(4-10-6)7(8,9)11/h2-4,11H,8-9H2,1H3. The van der Waals surface area contributed by atoms with Crippen LogP contribution in [0.5, 0.6) is 5.88 Å². The number of ether oxygens (including phenoxy) is 1. The van der Waals surface area contributed by atoms with Gasteiger partial charge in [-0.05, 0) is 5.56 Å². The van der Waals surface area contributed by atoms with Crippen molar-refractivity contribution in [1.29, 1.82) is 0 Å². The first-order chi connectivity index (χ1) is 5.54. The van der Waals surface area contributed by atoms with Crippen LogP contribution in [0.15, 0.2) is 18.3 Å². The quantitative estimate of drug-likeness (QED) is 0.537. The molecule has 0 saturated heterocycles. The first-order valence-electron chi connectivity index (χ1n) is 3.77. The van der Waals surface area contributed by atoms with Gasteiger partial charge in [0.2, 0.25) is 5.88 Å². The molecule has 0 radical (unpaired) electrons. The first-order valence-corrected chi connectivity index (χ1v) is 3.77. The molecule has 1 N–H and O–H groups in total. The summed E-state index contributed by atoms with van der Waals surface area (Å²) in [4.78, 5) is 3.98. The molecule has 0 fully saturated rings. The molecular formula is C7H11B2NO2. The summed E-state index contributed by atoms with van der Waals surface area (Å²) in [6, 6.07) is 3.53. The molecule has 0 atom stereocenters. The van der Waals surface area contributed by atoms with Gasteiger partial charge < -0.3 is 9.84 Å². The molecule has 1 aromatic rings. The van der Waals surface area contributed by atoms with Crippen molar-refractivity contribution in [2.24, 2.45) is 0 Å².